The molecular formula is C46H28N2O2. The van der Waals surface area contributed by atoms with Crippen molar-refractivity contribution < 1.29 is 8.83 Å². The number of anilines is 3. The van der Waals surface area contributed by atoms with E-state index in [2.05, 4.69) is 155 Å². The van der Waals surface area contributed by atoms with E-state index in [0.717, 1.165) is 77.5 Å². The topological polar surface area (TPSA) is 34.5 Å². The highest BCUT2D eigenvalue weighted by Crippen LogP contribution is 2.46. The monoisotopic (exact) mass is 640 g/mol. The van der Waals surface area contributed by atoms with Crippen LogP contribution in [0.3, 0.4) is 0 Å². The first kappa shape index (κ1) is 27.2. The van der Waals surface area contributed by atoms with Crippen molar-refractivity contribution in [2.75, 3.05) is 4.90 Å². The lowest BCUT2D eigenvalue weighted by Gasteiger charge is -2.27. The summed E-state index contributed by atoms with van der Waals surface area (Å²) in [7, 11) is 0. The van der Waals surface area contributed by atoms with Crippen LogP contribution in [0.25, 0.3) is 82.1 Å². The van der Waals surface area contributed by atoms with Crippen LogP contribution in [0.2, 0.25) is 0 Å². The third-order valence-electron chi connectivity index (χ3n) is 10.2. The minimum absolute atomic E-state index is 0.874. The van der Waals surface area contributed by atoms with Crippen LogP contribution in [0.15, 0.2) is 179 Å². The lowest BCUT2D eigenvalue weighted by atomic mass is 10.0. The number of hydrogen-bond donors (Lipinski definition) is 0. The molecule has 234 valence electrons. The van der Waals surface area contributed by atoms with Crippen molar-refractivity contribution in [1.82, 2.24) is 4.57 Å². The van der Waals surface area contributed by atoms with Crippen molar-refractivity contribution in [3.05, 3.63) is 170 Å². The Morgan fingerprint density at radius 2 is 0.980 bits per heavy atom. The van der Waals surface area contributed by atoms with Gasteiger partial charge < -0.3 is 18.3 Å². The highest BCUT2D eigenvalue weighted by Gasteiger charge is 2.23. The molecule has 0 fully saturated rings. The van der Waals surface area contributed by atoms with E-state index in [0.29, 0.717) is 0 Å². The van der Waals surface area contributed by atoms with Crippen LogP contribution in [-0.2, 0) is 0 Å². The molecule has 0 unspecified atom stereocenters. The van der Waals surface area contributed by atoms with Crippen molar-refractivity contribution in [2.24, 2.45) is 0 Å². The molecule has 0 atom stereocenters. The van der Waals surface area contributed by atoms with Gasteiger partial charge in [-0.3, -0.25) is 0 Å². The zero-order chi connectivity index (χ0) is 32.8. The van der Waals surface area contributed by atoms with Crippen molar-refractivity contribution in [1.29, 1.82) is 0 Å². The second-order valence-electron chi connectivity index (χ2n) is 12.9. The van der Waals surface area contributed by atoms with Gasteiger partial charge in [0, 0.05) is 49.4 Å². The first-order valence-electron chi connectivity index (χ1n) is 16.9. The van der Waals surface area contributed by atoms with Gasteiger partial charge in [0.25, 0.3) is 0 Å². The fourth-order valence-corrected chi connectivity index (χ4v) is 7.99. The number of para-hydroxylation sites is 4. The maximum atomic E-state index is 6.33. The minimum atomic E-state index is 0.874. The number of fused-ring (bicyclic) bond motifs is 11. The van der Waals surface area contributed by atoms with Crippen LogP contribution < -0.4 is 4.90 Å². The van der Waals surface area contributed by atoms with Gasteiger partial charge in [0.2, 0.25) is 0 Å². The second kappa shape index (κ2) is 10.4. The zero-order valence-corrected chi connectivity index (χ0v) is 26.9. The van der Waals surface area contributed by atoms with Crippen molar-refractivity contribution >= 4 is 93.5 Å². The standard InChI is InChI=1S/C46H28N2O2/c1-2-11-30(12-3-1)48-38-16-7-4-14-34(38)46-39(17-10-18-40(46)48)47(32-24-26-43-37(28-32)33-13-5-8-19-41(33)49-43)31-23-21-29-22-25-44-45(36(29)27-31)35-15-6-9-20-42(35)50-44/h1-28H. The quantitative estimate of drug-likeness (QED) is 0.192. The number of hydrogen-bond acceptors (Lipinski definition) is 3. The summed E-state index contributed by atoms with van der Waals surface area (Å²) in [5.41, 5.74) is 10.2. The summed E-state index contributed by atoms with van der Waals surface area (Å²) >= 11 is 0. The molecule has 0 N–H and O–H groups in total. The number of furan rings is 2. The Labute approximate surface area is 286 Å². The maximum Gasteiger partial charge on any atom is 0.136 e. The van der Waals surface area contributed by atoms with E-state index in [4.69, 9.17) is 8.83 Å². The highest BCUT2D eigenvalue weighted by molar-refractivity contribution is 6.21. The third kappa shape index (κ3) is 3.87. The van der Waals surface area contributed by atoms with E-state index in [1.807, 2.05) is 24.3 Å². The van der Waals surface area contributed by atoms with Crippen LogP contribution in [0.5, 0.6) is 0 Å². The van der Waals surface area contributed by atoms with E-state index in [9.17, 15) is 0 Å². The molecule has 11 aromatic rings. The van der Waals surface area contributed by atoms with Crippen LogP contribution in [0, 0.1) is 0 Å². The predicted octanol–water partition coefficient (Wildman–Crippen LogP) is 13.2. The molecule has 50 heavy (non-hydrogen) atoms. The van der Waals surface area contributed by atoms with E-state index in [1.54, 1.807) is 0 Å². The number of rotatable bonds is 4. The zero-order valence-electron chi connectivity index (χ0n) is 26.9. The average Bonchev–Trinajstić information content (AvgIpc) is 3.85. The normalized spacial score (nSPS) is 12.0. The summed E-state index contributed by atoms with van der Waals surface area (Å²) in [6.45, 7) is 0. The Morgan fingerprint density at radius 1 is 0.380 bits per heavy atom. The van der Waals surface area contributed by atoms with Gasteiger partial charge in [-0.1, -0.05) is 91.0 Å². The molecule has 3 heterocycles. The van der Waals surface area contributed by atoms with Crippen molar-refractivity contribution in [2.45, 2.75) is 0 Å². The van der Waals surface area contributed by atoms with Gasteiger partial charge in [0.1, 0.15) is 22.3 Å². The molecule has 3 aromatic heterocycles. The Hall–Kier alpha value is -6.78. The predicted molar refractivity (Wildman–Crippen MR) is 208 cm³/mol. The fraction of sp³-hybridized carbons (Fsp3) is 0. The van der Waals surface area contributed by atoms with Gasteiger partial charge >= 0.3 is 0 Å². The SMILES string of the molecule is c1ccc(-n2c3ccccc3c3c(N(c4ccc5oc6ccccc6c5c4)c4ccc5ccc6oc7ccccc7c6c5c4)cccc32)cc1. The maximum absolute atomic E-state index is 6.33. The molecule has 0 radical (unpaired) electrons. The Kier molecular flexibility index (Phi) is 5.63. The van der Waals surface area contributed by atoms with Gasteiger partial charge in [-0.2, -0.15) is 0 Å². The molecule has 0 amide bonds. The molecule has 4 nitrogen and oxygen atoms in total. The van der Waals surface area contributed by atoms with E-state index in [-0.39, 0.29) is 0 Å². The van der Waals surface area contributed by atoms with Gasteiger partial charge in [-0.05, 0) is 89.6 Å². The summed E-state index contributed by atoms with van der Waals surface area (Å²) < 4.78 is 15.0. The number of benzene rings is 8. The molecule has 0 spiro atoms. The molecule has 0 aliphatic carbocycles. The lowest BCUT2D eigenvalue weighted by molar-refractivity contribution is 0.668. The molecule has 0 aliphatic heterocycles. The van der Waals surface area contributed by atoms with Crippen molar-refractivity contribution in [3.8, 4) is 5.69 Å². The van der Waals surface area contributed by atoms with Crippen molar-refractivity contribution in [3.63, 3.8) is 0 Å². The molecule has 4 heteroatoms. The number of nitrogens with zero attached hydrogens (tertiary/aromatic N) is 2. The van der Waals surface area contributed by atoms with Crippen LogP contribution in [-0.4, -0.2) is 4.57 Å². The number of aromatic nitrogens is 1. The first-order chi connectivity index (χ1) is 24.8. The van der Waals surface area contributed by atoms with Crippen LogP contribution >= 0.6 is 0 Å². The van der Waals surface area contributed by atoms with Gasteiger partial charge in [-0.15, -0.1) is 0 Å². The largest absolute Gasteiger partial charge is 0.456 e. The van der Waals surface area contributed by atoms with E-state index >= 15 is 0 Å². The smallest absolute Gasteiger partial charge is 0.136 e. The average molecular weight is 641 g/mol. The Balaban J connectivity index is 1.25. The lowest BCUT2D eigenvalue weighted by Crippen LogP contribution is -2.10. The highest BCUT2D eigenvalue weighted by atomic mass is 16.3. The summed E-state index contributed by atoms with van der Waals surface area (Å²) in [6.07, 6.45) is 0. The van der Waals surface area contributed by atoms with Crippen LogP contribution in [0.1, 0.15) is 0 Å². The third-order valence-corrected chi connectivity index (χ3v) is 10.2. The molecule has 0 bridgehead atoms. The Bertz CT molecular complexity index is 3110. The minimum Gasteiger partial charge on any atom is -0.456 e. The first-order valence-corrected chi connectivity index (χ1v) is 16.9. The molecule has 8 aromatic carbocycles. The fourth-order valence-electron chi connectivity index (χ4n) is 7.99. The Morgan fingerprint density at radius 3 is 1.84 bits per heavy atom. The van der Waals surface area contributed by atoms with Gasteiger partial charge in [0.05, 0.1) is 16.7 Å². The molecular weight excluding hydrogens is 613 g/mol. The summed E-state index contributed by atoms with van der Waals surface area (Å²) in [4.78, 5) is 2.41. The molecule has 0 saturated heterocycles. The summed E-state index contributed by atoms with van der Waals surface area (Å²) in [5.74, 6) is 0. The molecule has 11 rings (SSSR count). The summed E-state index contributed by atoms with van der Waals surface area (Å²) in [5, 5.41) is 9.17. The van der Waals surface area contributed by atoms with Gasteiger partial charge in [0.15, 0.2) is 0 Å². The van der Waals surface area contributed by atoms with Gasteiger partial charge in [-0.25, -0.2) is 0 Å². The summed E-state index contributed by atoms with van der Waals surface area (Å²) in [6, 6.07) is 60.2. The van der Waals surface area contributed by atoms with Crippen LogP contribution in [0.4, 0.5) is 17.1 Å². The second-order valence-corrected chi connectivity index (χ2v) is 12.9. The van der Waals surface area contributed by atoms with E-state index in [1.165, 1.54) is 21.7 Å². The molecule has 0 aliphatic rings. The van der Waals surface area contributed by atoms with E-state index < -0.39 is 0 Å². The molecule has 0 saturated carbocycles.